The van der Waals surface area contributed by atoms with Gasteiger partial charge in [-0.2, -0.15) is 0 Å². The molecular weight excluding hydrogens is 440 g/mol. The van der Waals surface area contributed by atoms with Gasteiger partial charge in [0.1, 0.15) is 29.1 Å². The van der Waals surface area contributed by atoms with Gasteiger partial charge >= 0.3 is 0 Å². The van der Waals surface area contributed by atoms with Gasteiger partial charge in [-0.1, -0.05) is 37.6 Å². The molecule has 0 unspecified atom stereocenters. The van der Waals surface area contributed by atoms with Gasteiger partial charge in [0.25, 0.3) is 0 Å². The molecule has 180 valence electrons. The Labute approximate surface area is 200 Å². The summed E-state index contributed by atoms with van der Waals surface area (Å²) in [5, 5.41) is 0. The SMILES string of the molecule is CCCCS[C@@H]1CC(=O)[C@H](OCc2ccc(OC)cc2)[C@@H](COCc2ccc(OC)cc2)O1. The second kappa shape index (κ2) is 13.6. The van der Waals surface area contributed by atoms with Gasteiger partial charge in [0, 0.05) is 6.42 Å². The molecular formula is C26H34O6S. The number of hydrogen-bond donors (Lipinski definition) is 0. The number of hydrogen-bond acceptors (Lipinski definition) is 7. The van der Waals surface area contributed by atoms with Crippen LogP contribution in [0.15, 0.2) is 48.5 Å². The molecule has 7 heteroatoms. The van der Waals surface area contributed by atoms with Crippen molar-refractivity contribution in [1.29, 1.82) is 0 Å². The summed E-state index contributed by atoms with van der Waals surface area (Å²) in [5.74, 6) is 2.64. The second-order valence-electron chi connectivity index (χ2n) is 7.94. The Morgan fingerprint density at radius 1 is 0.939 bits per heavy atom. The molecule has 3 rings (SSSR count). The number of ether oxygens (including phenoxy) is 5. The van der Waals surface area contributed by atoms with Crippen LogP contribution in [0.4, 0.5) is 0 Å². The Hall–Kier alpha value is -2.06. The summed E-state index contributed by atoms with van der Waals surface area (Å²) in [4.78, 5) is 13.0. The van der Waals surface area contributed by atoms with Gasteiger partial charge in [0.2, 0.25) is 0 Å². The fourth-order valence-corrected chi connectivity index (χ4v) is 4.73. The van der Waals surface area contributed by atoms with Crippen LogP contribution in [0.2, 0.25) is 0 Å². The second-order valence-corrected chi connectivity index (χ2v) is 9.21. The van der Waals surface area contributed by atoms with Gasteiger partial charge in [-0.15, -0.1) is 11.8 Å². The molecule has 0 N–H and O–H groups in total. The number of ketones is 1. The fraction of sp³-hybridized carbons (Fsp3) is 0.500. The minimum Gasteiger partial charge on any atom is -0.497 e. The van der Waals surface area contributed by atoms with E-state index in [9.17, 15) is 4.79 Å². The smallest absolute Gasteiger partial charge is 0.167 e. The van der Waals surface area contributed by atoms with Crippen LogP contribution < -0.4 is 9.47 Å². The lowest BCUT2D eigenvalue weighted by atomic mass is 10.0. The van der Waals surface area contributed by atoms with Crippen molar-refractivity contribution >= 4 is 17.5 Å². The van der Waals surface area contributed by atoms with Crippen molar-refractivity contribution in [3.63, 3.8) is 0 Å². The van der Waals surface area contributed by atoms with Crippen molar-refractivity contribution < 1.29 is 28.5 Å². The zero-order valence-corrected chi connectivity index (χ0v) is 20.5. The van der Waals surface area contributed by atoms with E-state index in [1.165, 1.54) is 0 Å². The number of carbonyl (C=O) groups excluding carboxylic acids is 1. The minimum atomic E-state index is -0.647. The van der Waals surface area contributed by atoms with Gasteiger partial charge in [-0.25, -0.2) is 0 Å². The van der Waals surface area contributed by atoms with Crippen LogP contribution in [0, 0.1) is 0 Å². The highest BCUT2D eigenvalue weighted by atomic mass is 32.2. The first-order valence-electron chi connectivity index (χ1n) is 11.4. The topological polar surface area (TPSA) is 63.2 Å². The third-order valence-corrected chi connectivity index (χ3v) is 6.62. The first kappa shape index (κ1) is 25.6. The van der Waals surface area contributed by atoms with E-state index < -0.39 is 12.2 Å². The molecule has 1 saturated heterocycles. The van der Waals surface area contributed by atoms with Crippen LogP contribution >= 0.6 is 11.8 Å². The summed E-state index contributed by atoms with van der Waals surface area (Å²) < 4.78 is 28.7. The summed E-state index contributed by atoms with van der Waals surface area (Å²) in [6, 6.07) is 15.4. The van der Waals surface area contributed by atoms with E-state index in [2.05, 4.69) is 6.92 Å². The molecule has 0 radical (unpaired) electrons. The van der Waals surface area contributed by atoms with Crippen LogP contribution in [0.5, 0.6) is 11.5 Å². The lowest BCUT2D eigenvalue weighted by Crippen LogP contribution is -2.48. The van der Waals surface area contributed by atoms with Gasteiger partial charge in [0.05, 0.1) is 34.0 Å². The summed E-state index contributed by atoms with van der Waals surface area (Å²) >= 11 is 1.70. The fourth-order valence-electron chi connectivity index (χ4n) is 3.51. The molecule has 2 aromatic carbocycles. The number of unbranched alkanes of at least 4 members (excludes halogenated alkanes) is 1. The average molecular weight is 475 g/mol. The first-order valence-corrected chi connectivity index (χ1v) is 12.4. The van der Waals surface area contributed by atoms with Gasteiger partial charge in [-0.3, -0.25) is 4.79 Å². The van der Waals surface area contributed by atoms with Crippen molar-refractivity contribution in [1.82, 2.24) is 0 Å². The predicted octanol–water partition coefficient (Wildman–Crippen LogP) is 5.02. The first-order chi connectivity index (χ1) is 16.1. The van der Waals surface area contributed by atoms with Crippen LogP contribution in [0.1, 0.15) is 37.3 Å². The number of Topliss-reactive ketones (excluding diaryl/α,β-unsaturated/α-hetero) is 1. The molecule has 0 spiro atoms. The minimum absolute atomic E-state index is 0.0711. The van der Waals surface area contributed by atoms with Gasteiger partial charge < -0.3 is 23.7 Å². The maximum atomic E-state index is 13.0. The molecule has 1 aliphatic heterocycles. The molecule has 0 aliphatic carbocycles. The average Bonchev–Trinajstić information content (AvgIpc) is 2.84. The van der Waals surface area contributed by atoms with E-state index in [1.807, 2.05) is 48.5 Å². The third kappa shape index (κ3) is 8.03. The van der Waals surface area contributed by atoms with Crippen molar-refractivity contribution in [2.24, 2.45) is 0 Å². The van der Waals surface area contributed by atoms with E-state index >= 15 is 0 Å². The maximum Gasteiger partial charge on any atom is 0.167 e. The standard InChI is InChI=1S/C26H34O6S/c1-4-5-14-33-25-15-23(27)26(31-17-20-8-12-22(29-3)13-9-20)24(32-25)18-30-16-19-6-10-21(28-2)11-7-19/h6-13,24-26H,4-5,14-18H2,1-3H3/t24-,25-,26+/m1/s1. The monoisotopic (exact) mass is 474 g/mol. The van der Waals surface area contributed by atoms with Crippen molar-refractivity contribution in [3.05, 3.63) is 59.7 Å². The van der Waals surface area contributed by atoms with Crippen molar-refractivity contribution in [3.8, 4) is 11.5 Å². The highest BCUT2D eigenvalue weighted by Crippen LogP contribution is 2.29. The van der Waals surface area contributed by atoms with Crippen LogP contribution in [0.25, 0.3) is 0 Å². The maximum absolute atomic E-state index is 13.0. The number of rotatable bonds is 13. The highest BCUT2D eigenvalue weighted by Gasteiger charge is 2.38. The summed E-state index contributed by atoms with van der Waals surface area (Å²) in [5.41, 5.74) is 1.85. The Balaban J connectivity index is 1.59. The van der Waals surface area contributed by atoms with Crippen LogP contribution in [0.3, 0.4) is 0 Å². The molecule has 0 saturated carbocycles. The molecule has 2 aromatic rings. The molecule has 1 aliphatic rings. The Morgan fingerprint density at radius 2 is 1.55 bits per heavy atom. The van der Waals surface area contributed by atoms with E-state index in [-0.39, 0.29) is 17.8 Å². The molecule has 1 fully saturated rings. The predicted molar refractivity (Wildman–Crippen MR) is 130 cm³/mol. The zero-order valence-electron chi connectivity index (χ0n) is 19.7. The highest BCUT2D eigenvalue weighted by molar-refractivity contribution is 7.99. The normalized spacial score (nSPS) is 20.6. The van der Waals surface area contributed by atoms with E-state index in [1.54, 1.807) is 26.0 Å². The van der Waals surface area contributed by atoms with E-state index in [4.69, 9.17) is 23.7 Å². The van der Waals surface area contributed by atoms with Gasteiger partial charge in [-0.05, 0) is 47.6 Å². The van der Waals surface area contributed by atoms with Crippen LogP contribution in [-0.4, -0.2) is 50.0 Å². The molecule has 33 heavy (non-hydrogen) atoms. The lowest BCUT2D eigenvalue weighted by molar-refractivity contribution is -0.168. The number of thioether (sulfide) groups is 1. The summed E-state index contributed by atoms with van der Waals surface area (Å²) in [7, 11) is 3.28. The summed E-state index contributed by atoms with van der Waals surface area (Å²) in [6.07, 6.45) is 1.49. The van der Waals surface area contributed by atoms with Gasteiger partial charge in [0.15, 0.2) is 5.78 Å². The Kier molecular flexibility index (Phi) is 10.5. The van der Waals surface area contributed by atoms with Crippen molar-refractivity contribution in [2.45, 2.75) is 57.0 Å². The Bertz CT molecular complexity index is 839. The summed E-state index contributed by atoms with van der Waals surface area (Å²) in [6.45, 7) is 3.20. The molecule has 0 aromatic heterocycles. The Morgan fingerprint density at radius 3 is 2.12 bits per heavy atom. The molecule has 3 atom stereocenters. The van der Waals surface area contributed by atoms with Crippen LogP contribution in [-0.2, 0) is 32.2 Å². The third-order valence-electron chi connectivity index (χ3n) is 5.45. The largest absolute Gasteiger partial charge is 0.497 e. The molecule has 1 heterocycles. The quantitative estimate of drug-likeness (QED) is 0.378. The van der Waals surface area contributed by atoms with Crippen molar-refractivity contribution in [2.75, 3.05) is 26.6 Å². The number of methoxy groups -OCH3 is 2. The molecule has 6 nitrogen and oxygen atoms in total. The number of carbonyl (C=O) groups is 1. The van der Waals surface area contributed by atoms with E-state index in [0.29, 0.717) is 19.6 Å². The van der Waals surface area contributed by atoms with E-state index in [0.717, 1.165) is 41.2 Å². The number of benzene rings is 2. The lowest BCUT2D eigenvalue weighted by Gasteiger charge is -2.35. The molecule has 0 bridgehead atoms. The zero-order chi connectivity index (χ0) is 23.5. The molecule has 0 amide bonds.